The van der Waals surface area contributed by atoms with Crippen LogP contribution in [-0.4, -0.2) is 62.7 Å². The van der Waals surface area contributed by atoms with Gasteiger partial charge in [0.2, 0.25) is 0 Å². The number of fused-ring (bicyclic) bond motifs is 5. The zero-order chi connectivity index (χ0) is 51.2. The molecule has 2 aliphatic carbocycles. The predicted octanol–water partition coefficient (Wildman–Crippen LogP) is 14.6. The van der Waals surface area contributed by atoms with Crippen molar-refractivity contribution in [1.29, 1.82) is 0 Å². The smallest absolute Gasteiger partial charge is 0.422 e. The summed E-state index contributed by atoms with van der Waals surface area (Å²) in [6, 6.07) is 17.1. The summed E-state index contributed by atoms with van der Waals surface area (Å²) >= 11 is 0. The molecule has 71 heavy (non-hydrogen) atoms. The first-order valence-electron chi connectivity index (χ1n) is 25.0. The third-order valence-corrected chi connectivity index (χ3v) is 12.8. The monoisotopic (exact) mass is 1000 g/mol. The van der Waals surface area contributed by atoms with Crippen LogP contribution in [0.5, 0.6) is 23.0 Å². The molecule has 2 bridgehead atoms. The Morgan fingerprint density at radius 1 is 0.437 bits per heavy atom. The Balaban J connectivity index is 0.929. The van der Waals surface area contributed by atoms with Gasteiger partial charge in [-0.25, -0.2) is 19.2 Å². The third-order valence-electron chi connectivity index (χ3n) is 12.8. The number of hydrogen-bond acceptors (Lipinski definition) is 10. The highest BCUT2D eigenvalue weighted by Crippen LogP contribution is 2.58. The van der Waals surface area contributed by atoms with Crippen LogP contribution in [0, 0.1) is 0 Å². The topological polar surface area (TPSA) is 124 Å². The van der Waals surface area contributed by atoms with E-state index in [-0.39, 0.29) is 25.0 Å². The zero-order valence-electron chi connectivity index (χ0n) is 40.4. The van der Waals surface area contributed by atoms with E-state index in [9.17, 15) is 45.5 Å². The summed E-state index contributed by atoms with van der Waals surface area (Å²) in [5.74, 6) is -1.13. The minimum absolute atomic E-state index is 0.0496. The highest BCUT2D eigenvalue weighted by Gasteiger charge is 2.42. The van der Waals surface area contributed by atoms with E-state index in [1.165, 1.54) is 0 Å². The van der Waals surface area contributed by atoms with Crippen LogP contribution >= 0.6 is 0 Å². The first kappa shape index (κ1) is 56.1. The van der Waals surface area contributed by atoms with Gasteiger partial charge < -0.3 is 28.4 Å². The van der Waals surface area contributed by atoms with Crippen molar-refractivity contribution in [2.75, 3.05) is 26.4 Å². The van der Waals surface area contributed by atoms with Crippen molar-refractivity contribution in [1.82, 2.24) is 0 Å². The number of halogens is 6. The largest absolute Gasteiger partial charge is 0.494 e. The molecular weight excluding hydrogens is 935 g/mol. The summed E-state index contributed by atoms with van der Waals surface area (Å²) in [7, 11) is 0. The second-order valence-corrected chi connectivity index (χ2v) is 18.2. The van der Waals surface area contributed by atoms with Gasteiger partial charge in [-0.15, -0.1) is 0 Å². The van der Waals surface area contributed by atoms with Gasteiger partial charge in [0.15, 0.2) is 0 Å². The van der Waals surface area contributed by atoms with E-state index < -0.39 is 47.4 Å². The number of rotatable bonds is 32. The maximum absolute atomic E-state index is 13.3. The number of hydrogen-bond donors (Lipinski definition) is 0. The van der Waals surface area contributed by atoms with Gasteiger partial charge in [-0.2, -0.15) is 26.3 Å². The van der Waals surface area contributed by atoms with Crippen molar-refractivity contribution < 1.29 is 73.9 Å². The van der Waals surface area contributed by atoms with Crippen molar-refractivity contribution in [3.05, 3.63) is 107 Å². The van der Waals surface area contributed by atoms with Gasteiger partial charge in [-0.3, -0.25) is 0 Å². The fourth-order valence-electron chi connectivity index (χ4n) is 8.81. The van der Waals surface area contributed by atoms with Gasteiger partial charge >= 0.3 is 36.2 Å². The van der Waals surface area contributed by atoms with Crippen LogP contribution in [0.3, 0.4) is 0 Å². The normalized spacial score (nSPS) is 14.9. The minimum atomic E-state index is -4.77. The predicted molar refractivity (Wildman–Crippen MR) is 255 cm³/mol. The van der Waals surface area contributed by atoms with Crippen LogP contribution in [0.1, 0.15) is 179 Å². The molecule has 10 nitrogen and oxygen atoms in total. The van der Waals surface area contributed by atoms with Gasteiger partial charge in [0.05, 0.1) is 37.6 Å². The first-order chi connectivity index (χ1) is 34.0. The summed E-state index contributed by atoms with van der Waals surface area (Å²) in [5, 5.41) is 0. The standard InChI is InChI=1S/C55H66F6O10/c1-38(54(56,57)58)50(62)68-35-19-15-11-7-3-5-9-13-17-33-66-44-27-23-40(24-28-44)52(64)70-46-31-32-47(49-43-22-21-42(37-43)48(46)49)71-53(65)41-25-29-45(30-26-41)67-34-18-14-10-6-4-8-12-16-20-36-69-51(63)39(2)55(59,60)61/h23-32,42-43H,1-22,33-37H2. The van der Waals surface area contributed by atoms with Gasteiger partial charge in [0.1, 0.15) is 34.1 Å². The van der Waals surface area contributed by atoms with Gasteiger partial charge in [-0.05, 0) is 117 Å². The number of carbonyl (C=O) groups is 4. The van der Waals surface area contributed by atoms with Crippen LogP contribution in [0.4, 0.5) is 26.3 Å². The van der Waals surface area contributed by atoms with E-state index in [4.69, 9.17) is 18.9 Å². The maximum Gasteiger partial charge on any atom is 0.422 e. The first-order valence-corrected chi connectivity index (χ1v) is 25.0. The van der Waals surface area contributed by atoms with Gasteiger partial charge in [-0.1, -0.05) is 103 Å². The molecule has 0 aliphatic heterocycles. The number of esters is 4. The van der Waals surface area contributed by atoms with Crippen molar-refractivity contribution in [2.45, 2.75) is 159 Å². The lowest BCUT2D eigenvalue weighted by molar-refractivity contribution is -0.152. The molecular formula is C55H66F6O10. The van der Waals surface area contributed by atoms with Crippen molar-refractivity contribution in [3.63, 3.8) is 0 Å². The molecule has 0 N–H and O–H groups in total. The second kappa shape index (κ2) is 28.3. The molecule has 3 aromatic rings. The fraction of sp³-hybridized carbons (Fsp3) is 0.527. The van der Waals surface area contributed by atoms with E-state index in [0.29, 0.717) is 60.2 Å². The molecule has 0 spiro atoms. The number of unbranched alkanes of at least 4 members (excludes halogenated alkanes) is 16. The average Bonchev–Trinajstić information content (AvgIpc) is 3.98. The number of benzene rings is 3. The average molecular weight is 1000 g/mol. The molecule has 0 aromatic heterocycles. The highest BCUT2D eigenvalue weighted by atomic mass is 19.4. The summed E-state index contributed by atoms with van der Waals surface area (Å²) in [6.45, 7) is 6.45. The third kappa shape index (κ3) is 18.4. The molecule has 16 heteroatoms. The lowest BCUT2D eigenvalue weighted by atomic mass is 9.90. The lowest BCUT2D eigenvalue weighted by Crippen LogP contribution is -2.21. The molecule has 0 amide bonds. The quantitative estimate of drug-likeness (QED) is 0.0196. The molecule has 5 rings (SSSR count). The molecule has 2 aliphatic rings. The van der Waals surface area contributed by atoms with E-state index in [0.717, 1.165) is 133 Å². The number of alkyl halides is 6. The lowest BCUT2D eigenvalue weighted by Gasteiger charge is -2.21. The summed E-state index contributed by atoms with van der Waals surface area (Å²) in [5.41, 5.74) is -0.346. The van der Waals surface area contributed by atoms with Crippen molar-refractivity contribution in [3.8, 4) is 23.0 Å². The zero-order valence-corrected chi connectivity index (χ0v) is 40.4. The van der Waals surface area contributed by atoms with Crippen LogP contribution in [0.2, 0.25) is 0 Å². The molecule has 3 aromatic carbocycles. The molecule has 1 fully saturated rings. The fourth-order valence-corrected chi connectivity index (χ4v) is 8.81. The van der Waals surface area contributed by atoms with Crippen LogP contribution in [0.25, 0.3) is 0 Å². The Morgan fingerprint density at radius 2 is 0.732 bits per heavy atom. The van der Waals surface area contributed by atoms with E-state index in [1.807, 2.05) is 0 Å². The number of ether oxygens (including phenoxy) is 6. The molecule has 0 heterocycles. The molecule has 0 saturated heterocycles. The Bertz CT molecular complexity index is 2060. The molecule has 2 atom stereocenters. The number of carbonyl (C=O) groups excluding carboxylic acids is 4. The molecule has 1 saturated carbocycles. The van der Waals surface area contributed by atoms with Crippen LogP contribution < -0.4 is 18.9 Å². The Hall–Kier alpha value is -5.80. The maximum atomic E-state index is 13.3. The second-order valence-electron chi connectivity index (χ2n) is 18.2. The summed E-state index contributed by atoms with van der Waals surface area (Å²) in [4.78, 5) is 49.3. The molecule has 388 valence electrons. The summed E-state index contributed by atoms with van der Waals surface area (Å²) < 4.78 is 108. The van der Waals surface area contributed by atoms with Crippen LogP contribution in [0.15, 0.2) is 85.0 Å². The molecule has 0 radical (unpaired) electrons. The van der Waals surface area contributed by atoms with Crippen molar-refractivity contribution in [2.24, 2.45) is 0 Å². The van der Waals surface area contributed by atoms with Gasteiger partial charge in [0, 0.05) is 11.1 Å². The van der Waals surface area contributed by atoms with Crippen LogP contribution in [-0.2, 0) is 19.1 Å². The Labute approximate surface area is 412 Å². The Kier molecular flexibility index (Phi) is 22.4. The van der Waals surface area contributed by atoms with Gasteiger partial charge in [0.25, 0.3) is 0 Å². The van der Waals surface area contributed by atoms with Crippen molar-refractivity contribution >= 4 is 23.9 Å². The minimum Gasteiger partial charge on any atom is -0.494 e. The Morgan fingerprint density at radius 3 is 1.04 bits per heavy atom. The van der Waals surface area contributed by atoms with E-state index in [1.54, 1.807) is 60.7 Å². The summed E-state index contributed by atoms with van der Waals surface area (Å²) in [6.07, 6.45) is 9.80. The van der Waals surface area contributed by atoms with E-state index >= 15 is 0 Å². The highest BCUT2D eigenvalue weighted by molar-refractivity contribution is 5.93. The molecule has 2 unspecified atom stereocenters. The SMILES string of the molecule is C=C(C(=O)OCCCCCCCCCCCOc1ccc(C(=O)Oc2ccc(OC(=O)c3ccc(OCCCCCCCCCCCOC(=O)C(=C)C(F)(F)F)cc3)c3c2C2CCC3C2)cc1)C(F)(F)F. The van der Waals surface area contributed by atoms with E-state index in [2.05, 4.69) is 22.6 Å².